The van der Waals surface area contributed by atoms with E-state index in [1.807, 2.05) is 0 Å². The van der Waals surface area contributed by atoms with E-state index in [9.17, 15) is 4.79 Å². The Balaban J connectivity index is 2.97. The van der Waals surface area contributed by atoms with Gasteiger partial charge < -0.3 is 5.11 Å². The van der Waals surface area contributed by atoms with Crippen molar-refractivity contribution < 1.29 is 9.90 Å². The standard InChI is InChI=1S/C8H10N2O2/c1-5-3-7(4-8(11)12)6(2)10-9-5/h3H,4H2,1-2H3,(H,11,12). The molecule has 4 nitrogen and oxygen atoms in total. The van der Waals surface area contributed by atoms with E-state index in [1.165, 1.54) is 0 Å². The summed E-state index contributed by atoms with van der Waals surface area (Å²) in [6, 6.07) is 1.75. The molecule has 12 heavy (non-hydrogen) atoms. The summed E-state index contributed by atoms with van der Waals surface area (Å²) >= 11 is 0. The highest BCUT2D eigenvalue weighted by Gasteiger charge is 2.05. The Bertz CT molecular complexity index is 310. The summed E-state index contributed by atoms with van der Waals surface area (Å²) in [5.41, 5.74) is 2.16. The van der Waals surface area contributed by atoms with Crippen molar-refractivity contribution in [2.24, 2.45) is 0 Å². The van der Waals surface area contributed by atoms with Crippen LogP contribution in [0.2, 0.25) is 0 Å². The molecule has 4 heteroatoms. The van der Waals surface area contributed by atoms with Crippen LogP contribution in [0.15, 0.2) is 6.07 Å². The molecule has 1 aromatic heterocycles. The number of hydrogen-bond donors (Lipinski definition) is 1. The first-order valence-electron chi connectivity index (χ1n) is 3.61. The van der Waals surface area contributed by atoms with E-state index in [0.29, 0.717) is 5.69 Å². The number of nitrogens with zero attached hydrogens (tertiary/aromatic N) is 2. The molecular weight excluding hydrogens is 156 g/mol. The molecule has 0 radical (unpaired) electrons. The zero-order valence-electron chi connectivity index (χ0n) is 7.03. The Labute approximate surface area is 70.3 Å². The highest BCUT2D eigenvalue weighted by atomic mass is 16.4. The lowest BCUT2D eigenvalue weighted by Crippen LogP contribution is -2.04. The minimum absolute atomic E-state index is 0.0161. The molecule has 0 spiro atoms. The average Bonchev–Trinajstić information content (AvgIpc) is 1.96. The van der Waals surface area contributed by atoms with E-state index in [1.54, 1.807) is 19.9 Å². The molecule has 0 bridgehead atoms. The van der Waals surface area contributed by atoms with E-state index < -0.39 is 5.97 Å². The molecule has 1 N–H and O–H groups in total. The van der Waals surface area contributed by atoms with E-state index >= 15 is 0 Å². The lowest BCUT2D eigenvalue weighted by molar-refractivity contribution is -0.136. The van der Waals surface area contributed by atoms with Gasteiger partial charge in [0.15, 0.2) is 0 Å². The molecule has 0 saturated carbocycles. The molecule has 1 heterocycles. The van der Waals surface area contributed by atoms with Crippen molar-refractivity contribution in [1.82, 2.24) is 10.2 Å². The maximum absolute atomic E-state index is 10.4. The van der Waals surface area contributed by atoms with Gasteiger partial charge in [-0.2, -0.15) is 10.2 Å². The Morgan fingerprint density at radius 1 is 1.50 bits per heavy atom. The van der Waals surface area contributed by atoms with Gasteiger partial charge in [-0.15, -0.1) is 0 Å². The van der Waals surface area contributed by atoms with Crippen molar-refractivity contribution in [3.8, 4) is 0 Å². The van der Waals surface area contributed by atoms with Crippen molar-refractivity contribution in [3.63, 3.8) is 0 Å². The fraction of sp³-hybridized carbons (Fsp3) is 0.375. The van der Waals surface area contributed by atoms with Crippen LogP contribution >= 0.6 is 0 Å². The molecule has 0 aliphatic heterocycles. The SMILES string of the molecule is Cc1cc(CC(=O)O)c(C)nn1. The average molecular weight is 166 g/mol. The lowest BCUT2D eigenvalue weighted by atomic mass is 10.1. The fourth-order valence-electron chi connectivity index (χ4n) is 0.945. The van der Waals surface area contributed by atoms with Gasteiger partial charge >= 0.3 is 5.97 Å². The second-order valence-electron chi connectivity index (χ2n) is 2.67. The van der Waals surface area contributed by atoms with Crippen LogP contribution in [-0.2, 0) is 11.2 Å². The minimum atomic E-state index is -0.842. The Kier molecular flexibility index (Phi) is 2.38. The molecule has 64 valence electrons. The highest BCUT2D eigenvalue weighted by Crippen LogP contribution is 2.05. The molecule has 0 unspecified atom stereocenters. The Morgan fingerprint density at radius 3 is 2.75 bits per heavy atom. The maximum Gasteiger partial charge on any atom is 0.307 e. The molecule has 0 atom stereocenters. The smallest absolute Gasteiger partial charge is 0.307 e. The fourth-order valence-corrected chi connectivity index (χ4v) is 0.945. The Morgan fingerprint density at radius 2 is 2.17 bits per heavy atom. The highest BCUT2D eigenvalue weighted by molar-refractivity contribution is 5.70. The molecular formula is C8H10N2O2. The second-order valence-corrected chi connectivity index (χ2v) is 2.67. The van der Waals surface area contributed by atoms with Crippen LogP contribution in [0.5, 0.6) is 0 Å². The van der Waals surface area contributed by atoms with Gasteiger partial charge in [0.1, 0.15) is 0 Å². The molecule has 0 saturated heterocycles. The predicted octanol–water partition coefficient (Wildman–Crippen LogP) is 0.721. The monoisotopic (exact) mass is 166 g/mol. The van der Waals surface area contributed by atoms with Crippen LogP contribution in [0.3, 0.4) is 0 Å². The van der Waals surface area contributed by atoms with Gasteiger partial charge in [-0.3, -0.25) is 4.79 Å². The third-order valence-electron chi connectivity index (χ3n) is 1.55. The minimum Gasteiger partial charge on any atom is -0.481 e. The third-order valence-corrected chi connectivity index (χ3v) is 1.55. The number of hydrogen-bond acceptors (Lipinski definition) is 3. The summed E-state index contributed by atoms with van der Waals surface area (Å²) in [6.07, 6.45) is 0.0161. The van der Waals surface area contributed by atoms with Crippen molar-refractivity contribution >= 4 is 5.97 Å². The van der Waals surface area contributed by atoms with E-state index in [4.69, 9.17) is 5.11 Å². The van der Waals surface area contributed by atoms with Gasteiger partial charge in [0.25, 0.3) is 0 Å². The first-order chi connectivity index (χ1) is 5.59. The maximum atomic E-state index is 10.4. The third kappa shape index (κ3) is 2.02. The molecule has 0 amide bonds. The van der Waals surface area contributed by atoms with Crippen LogP contribution in [0, 0.1) is 13.8 Å². The summed E-state index contributed by atoms with van der Waals surface area (Å²) < 4.78 is 0. The van der Waals surface area contributed by atoms with E-state index in [2.05, 4.69) is 10.2 Å². The summed E-state index contributed by atoms with van der Waals surface area (Å²) in [4.78, 5) is 10.4. The van der Waals surface area contributed by atoms with Gasteiger partial charge in [-0.1, -0.05) is 0 Å². The number of carboxylic acids is 1. The molecule has 0 aliphatic carbocycles. The van der Waals surface area contributed by atoms with Crippen molar-refractivity contribution in [1.29, 1.82) is 0 Å². The summed E-state index contributed by atoms with van der Waals surface area (Å²) in [5, 5.41) is 16.2. The number of aliphatic carboxylic acids is 1. The van der Waals surface area contributed by atoms with Gasteiger partial charge in [0.05, 0.1) is 17.8 Å². The van der Waals surface area contributed by atoms with Crippen molar-refractivity contribution in [3.05, 3.63) is 23.0 Å². The lowest BCUT2D eigenvalue weighted by Gasteiger charge is -2.00. The Hall–Kier alpha value is -1.45. The van der Waals surface area contributed by atoms with E-state index in [-0.39, 0.29) is 6.42 Å². The van der Waals surface area contributed by atoms with Gasteiger partial charge in [0, 0.05) is 0 Å². The van der Waals surface area contributed by atoms with Crippen LogP contribution in [-0.4, -0.2) is 21.3 Å². The quantitative estimate of drug-likeness (QED) is 0.703. The van der Waals surface area contributed by atoms with Crippen molar-refractivity contribution in [2.45, 2.75) is 20.3 Å². The number of carbonyl (C=O) groups is 1. The first-order valence-corrected chi connectivity index (χ1v) is 3.61. The molecule has 1 aromatic rings. The van der Waals surface area contributed by atoms with Crippen LogP contribution in [0.1, 0.15) is 17.0 Å². The summed E-state index contributed by atoms with van der Waals surface area (Å²) in [6.45, 7) is 3.54. The largest absolute Gasteiger partial charge is 0.481 e. The number of rotatable bonds is 2. The number of aromatic nitrogens is 2. The normalized spacial score (nSPS) is 9.83. The topological polar surface area (TPSA) is 63.1 Å². The predicted molar refractivity (Wildman–Crippen MR) is 42.8 cm³/mol. The van der Waals surface area contributed by atoms with Gasteiger partial charge in [0.2, 0.25) is 0 Å². The zero-order valence-corrected chi connectivity index (χ0v) is 7.03. The summed E-state index contributed by atoms with van der Waals surface area (Å²) in [7, 11) is 0. The molecule has 0 aromatic carbocycles. The molecule has 0 aliphatic rings. The van der Waals surface area contributed by atoms with Gasteiger partial charge in [-0.25, -0.2) is 0 Å². The number of carboxylic acid groups (broad SMARTS) is 1. The number of aryl methyl sites for hydroxylation is 2. The van der Waals surface area contributed by atoms with Crippen LogP contribution < -0.4 is 0 Å². The summed E-state index contributed by atoms with van der Waals surface area (Å²) in [5.74, 6) is -0.842. The van der Waals surface area contributed by atoms with Crippen molar-refractivity contribution in [2.75, 3.05) is 0 Å². The molecule has 0 fully saturated rings. The first kappa shape index (κ1) is 8.64. The second kappa shape index (κ2) is 3.30. The van der Waals surface area contributed by atoms with Gasteiger partial charge in [-0.05, 0) is 25.5 Å². The van der Waals surface area contributed by atoms with Crippen LogP contribution in [0.4, 0.5) is 0 Å². The molecule has 1 rings (SSSR count). The van der Waals surface area contributed by atoms with E-state index in [0.717, 1.165) is 11.3 Å². The zero-order chi connectivity index (χ0) is 9.14. The van der Waals surface area contributed by atoms with Crippen LogP contribution in [0.25, 0.3) is 0 Å².